The van der Waals surface area contributed by atoms with Crippen LogP contribution in [0.15, 0.2) is 28.3 Å². The van der Waals surface area contributed by atoms with E-state index in [1.54, 1.807) is 10.7 Å². The van der Waals surface area contributed by atoms with E-state index >= 15 is 0 Å². The molecule has 0 spiro atoms. The summed E-state index contributed by atoms with van der Waals surface area (Å²) >= 11 is 0. The van der Waals surface area contributed by atoms with Crippen molar-refractivity contribution in [2.45, 2.75) is 5.92 Å². The van der Waals surface area contributed by atoms with E-state index in [4.69, 9.17) is 6.42 Å². The van der Waals surface area contributed by atoms with Crippen LogP contribution in [-0.4, -0.2) is 33.7 Å². The van der Waals surface area contributed by atoms with Crippen molar-refractivity contribution in [3.63, 3.8) is 0 Å². The standard InChI is InChI=1S/C12H9N5/c1-2-10-7-15-12-4-3-11(16-17(10)12)9-5-13-8-14-6-9/h1,3-7,9H,8H2. The first-order valence-corrected chi connectivity index (χ1v) is 5.19. The van der Waals surface area contributed by atoms with Crippen molar-refractivity contribution in [2.24, 2.45) is 9.98 Å². The first-order valence-electron chi connectivity index (χ1n) is 5.19. The number of hydrogen-bond donors (Lipinski definition) is 0. The van der Waals surface area contributed by atoms with Gasteiger partial charge in [0.1, 0.15) is 12.4 Å². The SMILES string of the molecule is C#Cc1cnc2ccc(C3C=NCN=C3)nn12. The average Bonchev–Trinajstić information content (AvgIpc) is 2.81. The molecule has 2 aromatic rings. The Labute approximate surface area is 97.9 Å². The summed E-state index contributed by atoms with van der Waals surface area (Å²) in [5.41, 5.74) is 2.25. The van der Waals surface area contributed by atoms with E-state index in [1.807, 2.05) is 24.6 Å². The zero-order valence-corrected chi connectivity index (χ0v) is 8.98. The number of imidazole rings is 1. The van der Waals surface area contributed by atoms with Crippen LogP contribution in [0.1, 0.15) is 17.3 Å². The van der Waals surface area contributed by atoms with Crippen LogP contribution >= 0.6 is 0 Å². The first-order chi connectivity index (χ1) is 8.38. The number of rotatable bonds is 1. The molecule has 0 N–H and O–H groups in total. The van der Waals surface area contributed by atoms with Crippen molar-refractivity contribution in [3.05, 3.63) is 29.7 Å². The maximum Gasteiger partial charge on any atom is 0.154 e. The zero-order chi connectivity index (χ0) is 11.7. The lowest BCUT2D eigenvalue weighted by Gasteiger charge is -2.09. The van der Waals surface area contributed by atoms with Gasteiger partial charge < -0.3 is 0 Å². The summed E-state index contributed by atoms with van der Waals surface area (Å²) in [6.45, 7) is 0.499. The van der Waals surface area contributed by atoms with Gasteiger partial charge in [-0.25, -0.2) is 9.50 Å². The number of nitrogens with zero attached hydrogens (tertiary/aromatic N) is 5. The Bertz CT molecular complexity index is 647. The minimum atomic E-state index is 0.0150. The monoisotopic (exact) mass is 223 g/mol. The number of aliphatic imine (C=N–C) groups is 2. The highest BCUT2D eigenvalue weighted by Gasteiger charge is 2.12. The lowest BCUT2D eigenvalue weighted by Crippen LogP contribution is -2.11. The van der Waals surface area contributed by atoms with Crippen LogP contribution in [0.2, 0.25) is 0 Å². The summed E-state index contributed by atoms with van der Waals surface area (Å²) in [6, 6.07) is 3.80. The van der Waals surface area contributed by atoms with E-state index in [0.29, 0.717) is 12.4 Å². The summed E-state index contributed by atoms with van der Waals surface area (Å²) in [6.07, 6.45) is 10.7. The highest BCUT2D eigenvalue weighted by atomic mass is 15.3. The van der Waals surface area contributed by atoms with Gasteiger partial charge in [-0.1, -0.05) is 0 Å². The largest absolute Gasteiger partial charge is 0.273 e. The molecule has 0 saturated heterocycles. The Morgan fingerprint density at radius 3 is 2.88 bits per heavy atom. The molecule has 0 fully saturated rings. The van der Waals surface area contributed by atoms with Gasteiger partial charge in [0.2, 0.25) is 0 Å². The number of terminal acetylenes is 1. The van der Waals surface area contributed by atoms with Gasteiger partial charge in [0.25, 0.3) is 0 Å². The second kappa shape index (κ2) is 3.83. The maximum absolute atomic E-state index is 5.39. The summed E-state index contributed by atoms with van der Waals surface area (Å²) < 4.78 is 1.66. The molecule has 0 radical (unpaired) electrons. The lowest BCUT2D eigenvalue weighted by molar-refractivity contribution is 0.861. The third-order valence-electron chi connectivity index (χ3n) is 2.57. The van der Waals surface area contributed by atoms with E-state index in [2.05, 4.69) is 26.0 Å². The van der Waals surface area contributed by atoms with Crippen LogP contribution in [0, 0.1) is 12.3 Å². The van der Waals surface area contributed by atoms with E-state index in [9.17, 15) is 0 Å². The Morgan fingerprint density at radius 1 is 1.29 bits per heavy atom. The van der Waals surface area contributed by atoms with Crippen molar-refractivity contribution in [3.8, 4) is 12.3 Å². The molecule has 3 heterocycles. The Hall–Kier alpha value is -2.48. The van der Waals surface area contributed by atoms with E-state index in [0.717, 1.165) is 11.3 Å². The summed E-state index contributed by atoms with van der Waals surface area (Å²) in [5.74, 6) is 2.57. The van der Waals surface area contributed by atoms with Crippen LogP contribution < -0.4 is 0 Å². The molecule has 2 aromatic heterocycles. The quantitative estimate of drug-likeness (QED) is 0.675. The molecule has 5 heteroatoms. The van der Waals surface area contributed by atoms with Crippen LogP contribution in [-0.2, 0) is 0 Å². The van der Waals surface area contributed by atoms with Gasteiger partial charge in [-0.3, -0.25) is 9.98 Å². The van der Waals surface area contributed by atoms with Gasteiger partial charge in [-0.15, -0.1) is 6.42 Å². The molecule has 0 amide bonds. The molecule has 5 nitrogen and oxygen atoms in total. The van der Waals surface area contributed by atoms with Crippen molar-refractivity contribution in [2.75, 3.05) is 6.67 Å². The molecule has 1 aliphatic heterocycles. The van der Waals surface area contributed by atoms with Crippen molar-refractivity contribution in [1.82, 2.24) is 14.6 Å². The smallest absolute Gasteiger partial charge is 0.154 e. The summed E-state index contributed by atoms with van der Waals surface area (Å²) in [5, 5.41) is 4.46. The predicted molar refractivity (Wildman–Crippen MR) is 65.5 cm³/mol. The Morgan fingerprint density at radius 2 is 2.12 bits per heavy atom. The molecule has 0 unspecified atom stereocenters. The second-order valence-corrected chi connectivity index (χ2v) is 3.65. The average molecular weight is 223 g/mol. The van der Waals surface area contributed by atoms with E-state index in [1.165, 1.54) is 0 Å². The first kappa shape index (κ1) is 9.73. The van der Waals surface area contributed by atoms with Gasteiger partial charge in [0.15, 0.2) is 5.65 Å². The Kier molecular flexibility index (Phi) is 2.19. The second-order valence-electron chi connectivity index (χ2n) is 3.65. The molecule has 3 rings (SSSR count). The molecule has 82 valence electrons. The molecule has 17 heavy (non-hydrogen) atoms. The van der Waals surface area contributed by atoms with Crippen LogP contribution in [0.3, 0.4) is 0 Å². The molecular formula is C12H9N5. The van der Waals surface area contributed by atoms with E-state index in [-0.39, 0.29) is 5.92 Å². The predicted octanol–water partition coefficient (Wildman–Crippen LogP) is 0.907. The molecule has 0 aromatic carbocycles. The zero-order valence-electron chi connectivity index (χ0n) is 8.98. The van der Waals surface area contributed by atoms with Crippen LogP contribution in [0.25, 0.3) is 5.65 Å². The van der Waals surface area contributed by atoms with Gasteiger partial charge in [0.05, 0.1) is 17.8 Å². The fourth-order valence-corrected chi connectivity index (χ4v) is 1.72. The fraction of sp³-hybridized carbons (Fsp3) is 0.167. The maximum atomic E-state index is 5.39. The fourth-order valence-electron chi connectivity index (χ4n) is 1.72. The molecule has 0 saturated carbocycles. The number of fused-ring (bicyclic) bond motifs is 1. The topological polar surface area (TPSA) is 54.9 Å². The summed E-state index contributed by atoms with van der Waals surface area (Å²) in [4.78, 5) is 12.4. The van der Waals surface area contributed by atoms with Crippen molar-refractivity contribution < 1.29 is 0 Å². The highest BCUT2D eigenvalue weighted by molar-refractivity contribution is 5.90. The van der Waals surface area contributed by atoms with Gasteiger partial charge in [-0.2, -0.15) is 5.10 Å². The van der Waals surface area contributed by atoms with Crippen molar-refractivity contribution >= 4 is 18.1 Å². The Balaban J connectivity index is 2.12. The third kappa shape index (κ3) is 1.60. The minimum absolute atomic E-state index is 0.0150. The van der Waals surface area contributed by atoms with Crippen LogP contribution in [0.4, 0.5) is 0 Å². The molecule has 0 aliphatic carbocycles. The number of aromatic nitrogens is 3. The van der Waals surface area contributed by atoms with Crippen LogP contribution in [0.5, 0.6) is 0 Å². The minimum Gasteiger partial charge on any atom is -0.273 e. The molecule has 0 bridgehead atoms. The molecular weight excluding hydrogens is 214 g/mol. The number of hydrogen-bond acceptors (Lipinski definition) is 4. The third-order valence-corrected chi connectivity index (χ3v) is 2.57. The van der Waals surface area contributed by atoms with Gasteiger partial charge in [0, 0.05) is 12.4 Å². The molecule has 0 atom stereocenters. The highest BCUT2D eigenvalue weighted by Crippen LogP contribution is 2.13. The van der Waals surface area contributed by atoms with Gasteiger partial charge >= 0.3 is 0 Å². The summed E-state index contributed by atoms with van der Waals surface area (Å²) in [7, 11) is 0. The van der Waals surface area contributed by atoms with E-state index < -0.39 is 0 Å². The van der Waals surface area contributed by atoms with Gasteiger partial charge in [-0.05, 0) is 18.1 Å². The normalized spacial score (nSPS) is 15.2. The van der Waals surface area contributed by atoms with Crippen molar-refractivity contribution in [1.29, 1.82) is 0 Å². The lowest BCUT2D eigenvalue weighted by atomic mass is 10.1. The molecule has 1 aliphatic rings.